The molecule has 3 aromatic carbocycles. The van der Waals surface area contributed by atoms with E-state index in [9.17, 15) is 24.3 Å². The van der Waals surface area contributed by atoms with Crippen LogP contribution in [0.4, 0.5) is 0 Å². The Bertz CT molecular complexity index is 2090. The highest BCUT2D eigenvalue weighted by molar-refractivity contribution is 9.11. The number of benzene rings is 3. The largest absolute Gasteiger partial charge is 0.506 e. The molecule has 0 amide bonds. The number of esters is 2. The van der Waals surface area contributed by atoms with E-state index in [1.54, 1.807) is 21.3 Å². The summed E-state index contributed by atoms with van der Waals surface area (Å²) >= 11 is 6.74. The first kappa shape index (κ1) is 37.3. The Kier molecular flexibility index (Phi) is 10.3. The zero-order chi connectivity index (χ0) is 37.9. The number of aromatic hydroxyl groups is 1. The van der Waals surface area contributed by atoms with E-state index in [0.717, 1.165) is 45.6 Å². The third kappa shape index (κ3) is 6.02. The second kappa shape index (κ2) is 14.7. The molecular formula is C39H38Br2O12. The molecule has 0 radical (unpaired) electrons. The minimum Gasteiger partial charge on any atom is -0.506 e. The summed E-state index contributed by atoms with van der Waals surface area (Å²) in [6.45, 7) is 4.05. The van der Waals surface area contributed by atoms with Gasteiger partial charge in [-0.1, -0.05) is 26.7 Å². The molecule has 0 saturated carbocycles. The SMILES string of the molecule is CCC[C@@H]1O[C@@H]2CC(=O)O[C@@H]2C2=C1C(=O)c1c(ccc(Br)c1O)C2=O.CCC[C@@H]1O[C@@H]2CC(=O)O[C@@H]2c2c1c(OC)c1c(OC)c(Br)ccc1c2OC. The van der Waals surface area contributed by atoms with Crippen molar-refractivity contribution in [3.63, 3.8) is 0 Å². The Hall–Kier alpha value is -3.98. The fourth-order valence-corrected chi connectivity index (χ4v) is 8.97. The van der Waals surface area contributed by atoms with Gasteiger partial charge in [0.15, 0.2) is 23.8 Å². The van der Waals surface area contributed by atoms with Crippen molar-refractivity contribution < 1.29 is 57.4 Å². The van der Waals surface area contributed by atoms with Crippen LogP contribution in [0.15, 0.2) is 44.4 Å². The second-order valence-electron chi connectivity index (χ2n) is 13.3. The minimum atomic E-state index is -0.856. The number of Topliss-reactive ketones (excluding diaryl/α,β-unsaturated/α-hetero) is 2. The Labute approximate surface area is 322 Å². The van der Waals surface area contributed by atoms with E-state index in [0.29, 0.717) is 28.1 Å². The topological polar surface area (TPSA) is 153 Å². The first-order valence-corrected chi connectivity index (χ1v) is 19.1. The zero-order valence-corrected chi connectivity index (χ0v) is 32.9. The van der Waals surface area contributed by atoms with Crippen molar-refractivity contribution in [2.24, 2.45) is 0 Å². The maximum atomic E-state index is 13.1. The first-order chi connectivity index (χ1) is 25.5. The van der Waals surface area contributed by atoms with Crippen LogP contribution in [0.3, 0.4) is 0 Å². The molecule has 2 fully saturated rings. The summed E-state index contributed by atoms with van der Waals surface area (Å²) in [5, 5.41) is 12.0. The van der Waals surface area contributed by atoms with Gasteiger partial charge in [-0.15, -0.1) is 0 Å². The molecule has 6 atom stereocenters. The standard InChI is InChI=1S/C21H23BrO6.C18H15BrO6/c1-5-6-12-16-17(20-13(27-12)9-14(23)28-20)18(24-2)10-7-8-11(22)19(25-3)15(10)21(16)26-4;1-2-3-9-13-14(18-10(24-9)6-11(20)25-18)15(21)7-4-5-8(19)16(22)12(7)17(13)23/h7-8,12-13,20H,5-6,9H2,1-4H3;4-5,9-10,18,22H,2-3,6H2,1H3/t12-,13+,20-;9-,10+,18-/m00/s1. The minimum absolute atomic E-state index is 0.0226. The smallest absolute Gasteiger partial charge is 0.309 e. The van der Waals surface area contributed by atoms with E-state index in [1.165, 1.54) is 12.1 Å². The lowest BCUT2D eigenvalue weighted by atomic mass is 9.76. The van der Waals surface area contributed by atoms with Crippen molar-refractivity contribution in [3.05, 3.63) is 66.6 Å². The van der Waals surface area contributed by atoms with E-state index in [2.05, 4.69) is 38.8 Å². The van der Waals surface area contributed by atoms with Crippen molar-refractivity contribution in [2.75, 3.05) is 21.3 Å². The molecule has 4 aliphatic heterocycles. The molecule has 0 aromatic heterocycles. The van der Waals surface area contributed by atoms with E-state index in [4.69, 9.17) is 33.2 Å². The van der Waals surface area contributed by atoms with Gasteiger partial charge in [0.2, 0.25) is 0 Å². The average molecular weight is 859 g/mol. The van der Waals surface area contributed by atoms with Gasteiger partial charge >= 0.3 is 11.9 Å². The van der Waals surface area contributed by atoms with E-state index in [-0.39, 0.29) is 64.8 Å². The summed E-state index contributed by atoms with van der Waals surface area (Å²) in [6.07, 6.45) is 0.303. The molecule has 0 spiro atoms. The summed E-state index contributed by atoms with van der Waals surface area (Å²) in [5.41, 5.74) is 2.25. The van der Waals surface area contributed by atoms with Gasteiger partial charge in [-0.25, -0.2) is 0 Å². The maximum absolute atomic E-state index is 13.1. The van der Waals surface area contributed by atoms with Crippen LogP contribution in [0.2, 0.25) is 0 Å². The molecule has 3 aromatic rings. The summed E-state index contributed by atoms with van der Waals surface area (Å²) in [4.78, 5) is 49.9. The number of hydrogen-bond donors (Lipinski definition) is 1. The predicted molar refractivity (Wildman–Crippen MR) is 197 cm³/mol. The van der Waals surface area contributed by atoms with Gasteiger partial charge < -0.3 is 38.3 Å². The maximum Gasteiger partial charge on any atom is 0.309 e. The number of phenolic OH excluding ortho intramolecular Hbond substituents is 1. The van der Waals surface area contributed by atoms with Crippen molar-refractivity contribution in [1.29, 1.82) is 0 Å². The monoisotopic (exact) mass is 856 g/mol. The van der Waals surface area contributed by atoms with Crippen molar-refractivity contribution >= 4 is 66.1 Å². The Balaban J connectivity index is 0.000000165. The van der Waals surface area contributed by atoms with E-state index >= 15 is 0 Å². The fraction of sp³-hybridized carbons (Fsp3) is 0.436. The van der Waals surface area contributed by atoms with Crippen LogP contribution in [0, 0.1) is 0 Å². The van der Waals surface area contributed by atoms with Crippen molar-refractivity contribution in [2.45, 2.75) is 89.0 Å². The molecule has 0 unspecified atom stereocenters. The average Bonchev–Trinajstić information content (AvgIpc) is 3.71. The molecule has 8 rings (SSSR count). The summed E-state index contributed by atoms with van der Waals surface area (Å²) < 4.78 is 41.8. The number of ether oxygens (including phenoxy) is 7. The molecule has 14 heteroatoms. The van der Waals surface area contributed by atoms with Crippen LogP contribution in [0.5, 0.6) is 23.0 Å². The lowest BCUT2D eigenvalue weighted by Crippen LogP contribution is -2.45. The second-order valence-corrected chi connectivity index (χ2v) is 15.0. The Morgan fingerprint density at radius 2 is 1.28 bits per heavy atom. The third-order valence-electron chi connectivity index (χ3n) is 10.3. The van der Waals surface area contributed by atoms with Crippen LogP contribution in [-0.2, 0) is 28.5 Å². The van der Waals surface area contributed by atoms with Crippen LogP contribution >= 0.6 is 31.9 Å². The van der Waals surface area contributed by atoms with Crippen LogP contribution < -0.4 is 14.2 Å². The van der Waals surface area contributed by atoms with Gasteiger partial charge in [0, 0.05) is 27.6 Å². The van der Waals surface area contributed by atoms with Gasteiger partial charge in [0.1, 0.15) is 35.2 Å². The number of phenols is 1. The van der Waals surface area contributed by atoms with Crippen molar-refractivity contribution in [1.82, 2.24) is 0 Å². The molecule has 5 aliphatic rings. The molecule has 280 valence electrons. The zero-order valence-electron chi connectivity index (χ0n) is 29.7. The van der Waals surface area contributed by atoms with Gasteiger partial charge in [-0.3, -0.25) is 19.2 Å². The summed E-state index contributed by atoms with van der Waals surface area (Å²) in [6, 6.07) is 6.89. The highest BCUT2D eigenvalue weighted by atomic mass is 79.9. The van der Waals surface area contributed by atoms with Gasteiger partial charge in [0.05, 0.1) is 71.8 Å². The van der Waals surface area contributed by atoms with Gasteiger partial charge in [-0.05, 0) is 69.0 Å². The number of ketones is 2. The highest BCUT2D eigenvalue weighted by Crippen LogP contribution is 2.57. The molecule has 53 heavy (non-hydrogen) atoms. The lowest BCUT2D eigenvalue weighted by Gasteiger charge is -2.36. The van der Waals surface area contributed by atoms with Crippen LogP contribution in [0.25, 0.3) is 10.8 Å². The molecule has 4 heterocycles. The predicted octanol–water partition coefficient (Wildman–Crippen LogP) is 7.57. The quantitative estimate of drug-likeness (QED) is 0.233. The number of hydrogen-bond acceptors (Lipinski definition) is 12. The number of carbonyl (C=O) groups is 4. The van der Waals surface area contributed by atoms with Crippen molar-refractivity contribution in [3.8, 4) is 23.0 Å². The van der Waals surface area contributed by atoms with E-state index in [1.807, 2.05) is 19.1 Å². The number of carbonyl (C=O) groups excluding carboxylic acids is 4. The number of halogens is 2. The Morgan fingerprint density at radius 3 is 1.92 bits per heavy atom. The highest BCUT2D eigenvalue weighted by Gasteiger charge is 2.52. The third-order valence-corrected chi connectivity index (χ3v) is 11.5. The lowest BCUT2D eigenvalue weighted by molar-refractivity contribution is -0.143. The normalized spacial score (nSPS) is 25.3. The molecular weight excluding hydrogens is 820 g/mol. The van der Waals surface area contributed by atoms with Crippen LogP contribution in [0.1, 0.15) is 96.4 Å². The number of fused-ring (bicyclic) bond motifs is 7. The molecule has 2 saturated heterocycles. The first-order valence-electron chi connectivity index (χ1n) is 17.5. The molecule has 1 N–H and O–H groups in total. The Morgan fingerprint density at radius 1 is 0.698 bits per heavy atom. The molecule has 0 bridgehead atoms. The van der Waals surface area contributed by atoms with Gasteiger partial charge in [0.25, 0.3) is 0 Å². The number of methoxy groups -OCH3 is 3. The summed E-state index contributed by atoms with van der Waals surface area (Å²) in [7, 11) is 4.89. The number of rotatable bonds is 7. The molecule has 1 aliphatic carbocycles. The van der Waals surface area contributed by atoms with Gasteiger partial charge in [-0.2, -0.15) is 0 Å². The fourth-order valence-electron chi connectivity index (χ4n) is 8.15. The van der Waals surface area contributed by atoms with E-state index < -0.39 is 36.2 Å². The van der Waals surface area contributed by atoms with Crippen LogP contribution in [-0.4, -0.2) is 74.4 Å². The molecule has 12 nitrogen and oxygen atoms in total. The summed E-state index contributed by atoms with van der Waals surface area (Å²) in [5.74, 6) is 0.218.